The first-order valence-corrected chi connectivity index (χ1v) is 21.8. The molecule has 59 heavy (non-hydrogen) atoms. The summed E-state index contributed by atoms with van der Waals surface area (Å²) in [5.41, 5.74) is -3.20. The molecule has 0 unspecified atom stereocenters. The number of aryl methyl sites for hydroxylation is 1. The number of carbonyl (C=O) groups excluding carboxylic acids is 3. The minimum absolute atomic E-state index is 0.00936. The highest BCUT2D eigenvalue weighted by Gasteiger charge is 2.64. The largest absolute Gasteiger partial charge is 0.477 e. The molecule has 2 aliphatic carbocycles. The van der Waals surface area contributed by atoms with Gasteiger partial charge >= 0.3 is 6.09 Å². The smallest absolute Gasteiger partial charge is 0.408 e. The summed E-state index contributed by atoms with van der Waals surface area (Å²) in [7, 11) is -4.47. The average Bonchev–Trinajstić information content (AvgIpc) is 4.09. The fourth-order valence-corrected chi connectivity index (χ4v) is 10.4. The molecule has 0 radical (unpaired) electrons. The molecule has 3 fully saturated rings. The highest BCUT2D eigenvalue weighted by Crippen LogP contribution is 2.48. The number of rotatable bonds is 9. The monoisotopic (exact) mass is 847 g/mol. The molecule has 1 saturated heterocycles. The summed E-state index contributed by atoms with van der Waals surface area (Å²) in [6.45, 7) is 4.59. The Hall–Kier alpha value is -4.61. The fourth-order valence-electron chi connectivity index (χ4n) is 9.02. The lowest BCUT2D eigenvalue weighted by molar-refractivity contribution is -0.149. The van der Waals surface area contributed by atoms with Gasteiger partial charge in [-0.2, -0.15) is 4.98 Å². The van der Waals surface area contributed by atoms with Crippen molar-refractivity contribution in [3.05, 3.63) is 42.0 Å². The van der Waals surface area contributed by atoms with Crippen LogP contribution in [0.1, 0.15) is 84.6 Å². The van der Waals surface area contributed by atoms with Crippen molar-refractivity contribution in [1.82, 2.24) is 24.8 Å². The molecule has 322 valence electrons. The van der Waals surface area contributed by atoms with Gasteiger partial charge in [-0.3, -0.25) is 24.0 Å². The van der Waals surface area contributed by atoms with E-state index in [0.29, 0.717) is 35.6 Å². The standard InChI is InChI=1S/C41H52F3N5O9S/c1-23-10-5-6-11-25-20-41(25,37(52)47-59(55,56)40(22-42)15-16-40)46-32(50)30-19-26(58-34-29-13-8-7-12-27(29)28-14-9-17-57-33(28)45-34)21-48(30)35(51)31(24(2)18-23)49(38(53)54)39(3,4)36(43)44/h6-8,11-13,23-26,30-31,36H,5,9-10,14-22H2,1-4H3,(H,46,50)(H,47,52)(H,53,54)/t23-,24-,25-,26-,30+,31+,41-/m1/s1. The van der Waals surface area contributed by atoms with Crippen molar-refractivity contribution < 1.29 is 55.3 Å². The van der Waals surface area contributed by atoms with E-state index in [2.05, 4.69) is 10.3 Å². The van der Waals surface area contributed by atoms with E-state index >= 15 is 4.79 Å². The molecule has 4 amide bonds. The van der Waals surface area contributed by atoms with Crippen LogP contribution in [0.3, 0.4) is 0 Å². The number of hydrogen-bond acceptors (Lipinski definition) is 9. The first-order chi connectivity index (χ1) is 27.9. The van der Waals surface area contributed by atoms with Gasteiger partial charge in [0.2, 0.25) is 33.6 Å². The number of benzene rings is 1. The zero-order valence-corrected chi connectivity index (χ0v) is 34.4. The summed E-state index contributed by atoms with van der Waals surface area (Å²) in [6, 6.07) is 4.31. The van der Waals surface area contributed by atoms with Crippen molar-refractivity contribution in [3.63, 3.8) is 0 Å². The Balaban J connectivity index is 1.29. The van der Waals surface area contributed by atoms with Crippen molar-refractivity contribution in [2.75, 3.05) is 19.8 Å². The van der Waals surface area contributed by atoms with Crippen LogP contribution in [0.2, 0.25) is 0 Å². The Morgan fingerprint density at radius 1 is 1.17 bits per heavy atom. The highest BCUT2D eigenvalue weighted by atomic mass is 32.2. The normalized spacial score (nSPS) is 29.5. The van der Waals surface area contributed by atoms with Crippen LogP contribution in [0.25, 0.3) is 10.8 Å². The number of amides is 4. The number of halogens is 3. The lowest BCUT2D eigenvalue weighted by Gasteiger charge is -2.44. The lowest BCUT2D eigenvalue weighted by atomic mass is 9.85. The summed E-state index contributed by atoms with van der Waals surface area (Å²) in [4.78, 5) is 63.0. The van der Waals surface area contributed by atoms with Crippen LogP contribution in [0.4, 0.5) is 18.0 Å². The van der Waals surface area contributed by atoms with Gasteiger partial charge in [0.05, 0.1) is 13.2 Å². The molecular weight excluding hydrogens is 796 g/mol. The van der Waals surface area contributed by atoms with E-state index in [9.17, 15) is 41.1 Å². The third-order valence-electron chi connectivity index (χ3n) is 12.9. The summed E-state index contributed by atoms with van der Waals surface area (Å²) in [5.74, 6) is -3.83. The van der Waals surface area contributed by atoms with E-state index in [1.54, 1.807) is 13.0 Å². The lowest BCUT2D eigenvalue weighted by Crippen LogP contribution is -2.64. The molecule has 7 rings (SSSR count). The number of allylic oxidation sites excluding steroid dienone is 1. The molecule has 1 aromatic heterocycles. The van der Waals surface area contributed by atoms with Gasteiger partial charge in [0, 0.05) is 23.3 Å². The van der Waals surface area contributed by atoms with Gasteiger partial charge in [-0.1, -0.05) is 44.2 Å². The van der Waals surface area contributed by atoms with Gasteiger partial charge in [0.15, 0.2) is 0 Å². The minimum atomic E-state index is -4.47. The summed E-state index contributed by atoms with van der Waals surface area (Å²) in [6.07, 6.45) is 0.364. The third-order valence-corrected chi connectivity index (χ3v) is 15.0. The van der Waals surface area contributed by atoms with Crippen LogP contribution in [-0.2, 0) is 30.8 Å². The molecule has 5 aliphatic rings. The van der Waals surface area contributed by atoms with Gasteiger partial charge in [-0.25, -0.2) is 26.4 Å². The van der Waals surface area contributed by atoms with E-state index in [0.717, 1.165) is 42.5 Å². The quantitative estimate of drug-likeness (QED) is 0.286. The van der Waals surface area contributed by atoms with E-state index in [1.807, 2.05) is 42.0 Å². The predicted octanol–water partition coefficient (Wildman–Crippen LogP) is 5.14. The molecular formula is C41H52F3N5O9S. The molecule has 1 aromatic carbocycles. The predicted molar refractivity (Wildman–Crippen MR) is 209 cm³/mol. The Bertz CT molecular complexity index is 2150. The van der Waals surface area contributed by atoms with Crippen molar-refractivity contribution in [3.8, 4) is 11.8 Å². The molecule has 2 aromatic rings. The summed E-state index contributed by atoms with van der Waals surface area (Å²) >= 11 is 0. The minimum Gasteiger partial charge on any atom is -0.477 e. The van der Waals surface area contributed by atoms with Gasteiger partial charge in [0.1, 0.15) is 40.7 Å². The molecule has 0 spiro atoms. The van der Waals surface area contributed by atoms with Crippen molar-refractivity contribution in [2.24, 2.45) is 17.8 Å². The van der Waals surface area contributed by atoms with Crippen LogP contribution in [0.15, 0.2) is 36.4 Å². The molecule has 18 heteroatoms. The highest BCUT2D eigenvalue weighted by molar-refractivity contribution is 7.91. The first-order valence-electron chi connectivity index (χ1n) is 20.3. The van der Waals surface area contributed by atoms with Gasteiger partial charge in [-0.05, 0) is 88.5 Å². The third kappa shape index (κ3) is 7.81. The Morgan fingerprint density at radius 3 is 2.54 bits per heavy atom. The van der Waals surface area contributed by atoms with Crippen LogP contribution in [-0.4, -0.2) is 112 Å². The van der Waals surface area contributed by atoms with Crippen LogP contribution in [0.5, 0.6) is 11.8 Å². The Kier molecular flexibility index (Phi) is 11.4. The maximum atomic E-state index is 15.1. The number of sulfonamides is 1. The van der Waals surface area contributed by atoms with Gasteiger partial charge in [0.25, 0.3) is 12.3 Å². The van der Waals surface area contributed by atoms with Crippen LogP contribution in [0, 0.1) is 17.8 Å². The van der Waals surface area contributed by atoms with Gasteiger partial charge in [-0.15, -0.1) is 0 Å². The summed E-state index contributed by atoms with van der Waals surface area (Å²) in [5, 5.41) is 14.8. The number of pyridine rings is 1. The number of carbonyl (C=O) groups is 4. The van der Waals surface area contributed by atoms with Crippen molar-refractivity contribution >= 4 is 44.6 Å². The second-order valence-electron chi connectivity index (χ2n) is 17.6. The maximum absolute atomic E-state index is 15.1. The number of fused-ring (bicyclic) bond motifs is 5. The van der Waals surface area contributed by atoms with Crippen LogP contribution >= 0.6 is 0 Å². The van der Waals surface area contributed by atoms with Gasteiger partial charge < -0.3 is 24.8 Å². The number of hydrogen-bond donors (Lipinski definition) is 3. The zero-order chi connectivity index (χ0) is 42.7. The van der Waals surface area contributed by atoms with E-state index < -0.39 is 92.8 Å². The Morgan fingerprint density at radius 2 is 1.88 bits per heavy atom. The van der Waals surface area contributed by atoms with Crippen molar-refractivity contribution in [2.45, 2.75) is 126 Å². The molecule has 4 heterocycles. The molecule has 0 bridgehead atoms. The van der Waals surface area contributed by atoms with E-state index in [4.69, 9.17) is 9.47 Å². The Labute approximate surface area is 341 Å². The molecule has 7 atom stereocenters. The molecule has 3 aliphatic heterocycles. The summed E-state index contributed by atoms with van der Waals surface area (Å²) < 4.78 is 82.5. The second-order valence-corrected chi connectivity index (χ2v) is 19.7. The van der Waals surface area contributed by atoms with Crippen molar-refractivity contribution in [1.29, 1.82) is 0 Å². The number of aromatic nitrogens is 1. The SMILES string of the molecule is C[C@@H]1CCC=C[C@@H]2C[C@@]2(C(=O)NS(=O)(=O)C2(CF)CC2)NC(=O)[C@@H]2C[C@@H](Oc3nc4c(c5ccccc35)CCCO4)CN2C(=O)[C@@H](N(C(=O)O)C(C)(C)C(F)F)[C@H](C)C1. The average molecular weight is 848 g/mol. The first kappa shape index (κ1) is 42.5. The number of alkyl halides is 3. The molecule has 14 nitrogen and oxygen atoms in total. The number of nitrogens with zero attached hydrogens (tertiary/aromatic N) is 3. The number of nitrogens with one attached hydrogen (secondary N) is 2. The topological polar surface area (TPSA) is 185 Å². The number of carboxylic acid groups (broad SMARTS) is 1. The zero-order valence-electron chi connectivity index (χ0n) is 33.6. The molecule has 2 saturated carbocycles. The van der Waals surface area contributed by atoms with Crippen LogP contribution < -0.4 is 19.5 Å². The second kappa shape index (κ2) is 15.8. The fraction of sp³-hybridized carbons (Fsp3) is 0.634. The number of ether oxygens (including phenoxy) is 2. The maximum Gasteiger partial charge on any atom is 0.408 e. The van der Waals surface area contributed by atoms with E-state index in [1.165, 1.54) is 0 Å². The van der Waals surface area contributed by atoms with E-state index in [-0.39, 0.29) is 50.4 Å². The molecule has 3 N–H and O–H groups in total.